The minimum absolute atomic E-state index is 0.000668. The SMILES string of the molecule is CC.CCC.N=C(N)NCCC[C@@H]1NC(=O)[C@H](CCCNC(=O)CCCC(=O)NCCC[C@@H]2NC(=O)[C@@H](Cc3ccc(O)cc3)NC(=O)CNC(=O)[C@H](Cc3ccc4ccccc4c3)NC(=O)[C@H](CCCNC(=N)N)NC2=O)CC(=O)[C@@H](Cc2ccc(O)cc2)NC(=O)CNC(=O)[C@H](Cc2ccc3ccccc3c2)NC1=O. The zero-order chi connectivity index (χ0) is 81.5. The van der Waals surface area contributed by atoms with Gasteiger partial charge >= 0.3 is 0 Å². The van der Waals surface area contributed by atoms with Crippen LogP contribution in [0.1, 0.15) is 133 Å². The monoisotopic (exact) mass is 1540 g/mol. The summed E-state index contributed by atoms with van der Waals surface area (Å²) in [4.78, 5) is 169. The molecule has 0 spiro atoms. The minimum atomic E-state index is -1.37. The standard InChI is InChI=1S/C76H95N17O14.C3H8.C2H6/c77-75(78)83-34-8-16-56-72(105)92-60(40-47-20-26-49-10-1-3-12-51(49)36-47)69(102)85-43-66(99)87-59(38-45-22-28-54(94)29-23-45)63(96)42-53(68(101)89-56)14-6-32-81-64(97)18-5-19-65(98)82-33-7-15-57-71(104)90-58(17-9-35-84-76(79)80)73(106)93-61(41-48-21-27-50-11-2-4-13-52(50)37-48)70(103)86-44-67(100)88-62(74(107)91-57)39-46-24-30-55(95)31-25-46;1-3-2;1-2/h1-4,10-13,20-31,36-37,53,56-62,94-95H,5-9,14-19,32-35,38-44H2,(H,81,97)(H,82,98)(H,85,102)(H,86,103)(H,87,99)(H,88,100)(H,89,101)(H,90,104)(H,91,107)(H,92,105)(H,93,106)(H4,77,78,83)(H4,79,80,84);3H2,1-2H3;1-2H3/t53-,56+,57+,58+,59-,60+,61+,62-;;/m1../s1. The lowest BCUT2D eigenvalue weighted by Crippen LogP contribution is -2.58. The van der Waals surface area contributed by atoms with Gasteiger partial charge in [0.1, 0.15) is 47.8 Å². The van der Waals surface area contributed by atoms with Crippen molar-refractivity contribution in [3.05, 3.63) is 156 Å². The fourth-order valence-electron chi connectivity index (χ4n) is 12.5. The Bertz CT molecular complexity index is 3940. The molecule has 11 amide bonds. The van der Waals surface area contributed by atoms with Crippen molar-refractivity contribution in [3.63, 3.8) is 0 Å². The maximum atomic E-state index is 14.6. The number of carbonyl (C=O) groups excluding carboxylic acids is 12. The number of carbonyl (C=O) groups is 12. The first-order valence-electron chi connectivity index (χ1n) is 38.2. The van der Waals surface area contributed by atoms with Gasteiger partial charge in [0.2, 0.25) is 65.0 Å². The molecule has 0 saturated carbocycles. The number of fused-ring (bicyclic) bond motifs is 2. The average Bonchev–Trinajstić information content (AvgIpc) is 1.07. The normalized spacial score (nSPS) is 19.5. The summed E-state index contributed by atoms with van der Waals surface area (Å²) in [5.41, 5.74) is 13.5. The van der Waals surface area contributed by atoms with Gasteiger partial charge in [-0.25, -0.2) is 0 Å². The molecule has 602 valence electrons. The first-order valence-corrected chi connectivity index (χ1v) is 38.2. The number of rotatable bonds is 28. The number of hydrogen-bond acceptors (Lipinski definition) is 16. The Morgan fingerprint density at radius 3 is 1.12 bits per heavy atom. The average molecular weight is 1540 g/mol. The van der Waals surface area contributed by atoms with Crippen LogP contribution in [0.4, 0.5) is 0 Å². The third-order valence-corrected chi connectivity index (χ3v) is 18.3. The topological polar surface area (TPSA) is 501 Å². The Morgan fingerprint density at radius 2 is 0.714 bits per heavy atom. The lowest BCUT2D eigenvalue weighted by molar-refractivity contribution is -0.134. The molecule has 8 atom stereocenters. The van der Waals surface area contributed by atoms with Crippen LogP contribution < -0.4 is 80.6 Å². The number of nitrogens with two attached hydrogens (primary N) is 2. The van der Waals surface area contributed by atoms with Crippen molar-refractivity contribution in [3.8, 4) is 11.5 Å². The fraction of sp³-hybridized carbons (Fsp3) is 0.432. The molecule has 2 aliphatic rings. The van der Waals surface area contributed by atoms with Crippen molar-refractivity contribution < 1.29 is 67.7 Å². The summed E-state index contributed by atoms with van der Waals surface area (Å²) in [6.07, 6.45) is 0.998. The van der Waals surface area contributed by atoms with Crippen molar-refractivity contribution in [1.29, 1.82) is 10.8 Å². The fourth-order valence-corrected chi connectivity index (χ4v) is 12.5. The van der Waals surface area contributed by atoms with Crippen LogP contribution >= 0.6 is 0 Å². The predicted molar refractivity (Wildman–Crippen MR) is 426 cm³/mol. The Morgan fingerprint density at radius 1 is 0.393 bits per heavy atom. The molecule has 6 aromatic carbocycles. The van der Waals surface area contributed by atoms with Gasteiger partial charge in [-0.1, -0.05) is 143 Å². The van der Waals surface area contributed by atoms with Gasteiger partial charge in [0.25, 0.3) is 0 Å². The van der Waals surface area contributed by atoms with E-state index in [-0.39, 0.29) is 146 Å². The van der Waals surface area contributed by atoms with Crippen LogP contribution in [0.3, 0.4) is 0 Å². The molecular formula is C81H109N17O14. The first-order chi connectivity index (χ1) is 53.8. The second kappa shape index (κ2) is 47.0. The summed E-state index contributed by atoms with van der Waals surface area (Å²) in [6, 6.07) is 29.1. The number of aromatic hydroxyl groups is 2. The molecule has 2 heterocycles. The van der Waals surface area contributed by atoms with Crippen molar-refractivity contribution in [1.82, 2.24) is 69.1 Å². The summed E-state index contributed by atoms with van der Waals surface area (Å²) >= 11 is 0. The summed E-state index contributed by atoms with van der Waals surface area (Å²) in [5.74, 6) is -10.1. The highest BCUT2D eigenvalue weighted by molar-refractivity contribution is 5.99. The highest BCUT2D eigenvalue weighted by Crippen LogP contribution is 2.22. The van der Waals surface area contributed by atoms with Crippen LogP contribution in [0.15, 0.2) is 133 Å². The van der Waals surface area contributed by atoms with Crippen molar-refractivity contribution in [2.24, 2.45) is 17.4 Å². The maximum Gasteiger partial charge on any atom is 0.243 e. The van der Waals surface area contributed by atoms with E-state index >= 15 is 0 Å². The van der Waals surface area contributed by atoms with Crippen molar-refractivity contribution in [2.75, 3.05) is 39.3 Å². The summed E-state index contributed by atoms with van der Waals surface area (Å²) < 4.78 is 0. The van der Waals surface area contributed by atoms with E-state index in [2.05, 4.69) is 83.0 Å². The third-order valence-electron chi connectivity index (χ3n) is 18.3. The van der Waals surface area contributed by atoms with E-state index in [1.54, 1.807) is 30.3 Å². The van der Waals surface area contributed by atoms with Gasteiger partial charge in [-0.3, -0.25) is 68.4 Å². The van der Waals surface area contributed by atoms with E-state index in [4.69, 9.17) is 22.3 Å². The molecule has 2 saturated heterocycles. The molecule has 6 aromatic rings. The molecular weight excluding hydrogens is 1430 g/mol. The molecule has 0 radical (unpaired) electrons. The summed E-state index contributed by atoms with van der Waals surface area (Å²) in [7, 11) is 0. The van der Waals surface area contributed by atoms with E-state index in [0.29, 0.717) is 22.3 Å². The first kappa shape index (κ1) is 88.7. The molecule has 0 bridgehead atoms. The largest absolute Gasteiger partial charge is 0.508 e. The van der Waals surface area contributed by atoms with Gasteiger partial charge in [-0.2, -0.15) is 0 Å². The number of Topliss-reactive ketones (excluding diaryl/α,β-unsaturated/α-hetero) is 1. The number of phenolic OH excluding ortho intramolecular Hbond substituents is 2. The Kier molecular flexibility index (Phi) is 37.2. The number of benzene rings is 6. The smallest absolute Gasteiger partial charge is 0.243 e. The molecule has 31 nitrogen and oxygen atoms in total. The van der Waals surface area contributed by atoms with E-state index < -0.39 is 138 Å². The number of amides is 11. The number of guanidine groups is 2. The van der Waals surface area contributed by atoms with Crippen LogP contribution in [-0.4, -0.2) is 174 Å². The van der Waals surface area contributed by atoms with E-state index in [1.165, 1.54) is 30.7 Å². The minimum Gasteiger partial charge on any atom is -0.508 e. The van der Waals surface area contributed by atoms with Crippen LogP contribution in [0.2, 0.25) is 0 Å². The number of hydrogen-bond donors (Lipinski definition) is 19. The van der Waals surface area contributed by atoms with E-state index in [0.717, 1.165) is 21.5 Å². The second-order valence-electron chi connectivity index (χ2n) is 27.4. The molecule has 2 fully saturated rings. The summed E-state index contributed by atoms with van der Waals surface area (Å²) in [6.45, 7) is 7.35. The Labute approximate surface area is 652 Å². The van der Waals surface area contributed by atoms with Gasteiger partial charge in [-0.15, -0.1) is 0 Å². The molecule has 0 aliphatic carbocycles. The van der Waals surface area contributed by atoms with Crippen molar-refractivity contribution >= 4 is 104 Å². The molecule has 2 aliphatic heterocycles. The van der Waals surface area contributed by atoms with Gasteiger partial charge in [0.05, 0.1) is 19.1 Å². The molecule has 0 aromatic heterocycles. The number of phenols is 2. The highest BCUT2D eigenvalue weighted by atomic mass is 16.3. The lowest BCUT2D eigenvalue weighted by Gasteiger charge is -2.26. The Balaban J connectivity index is 0.00000382. The third kappa shape index (κ3) is 31.1. The molecule has 112 heavy (non-hydrogen) atoms. The molecule has 21 N–H and O–H groups in total. The van der Waals surface area contributed by atoms with Crippen LogP contribution in [0.25, 0.3) is 21.5 Å². The van der Waals surface area contributed by atoms with Gasteiger partial charge in [0, 0.05) is 70.6 Å². The molecule has 8 rings (SSSR count). The zero-order valence-corrected chi connectivity index (χ0v) is 64.0. The van der Waals surface area contributed by atoms with Crippen LogP contribution in [0, 0.1) is 16.7 Å². The van der Waals surface area contributed by atoms with Crippen LogP contribution in [-0.2, 0) is 83.2 Å². The van der Waals surface area contributed by atoms with Crippen molar-refractivity contribution in [2.45, 2.75) is 179 Å². The quantitative estimate of drug-likeness (QED) is 0.0191. The van der Waals surface area contributed by atoms with Gasteiger partial charge in [-0.05, 0) is 132 Å². The molecule has 0 unspecified atom stereocenters. The zero-order valence-electron chi connectivity index (χ0n) is 64.0. The highest BCUT2D eigenvalue weighted by Gasteiger charge is 2.36. The maximum absolute atomic E-state index is 14.6. The number of nitrogens with one attached hydrogen (secondary N) is 15. The van der Waals surface area contributed by atoms with Gasteiger partial charge in [0.15, 0.2) is 17.7 Å². The van der Waals surface area contributed by atoms with E-state index in [1.807, 2.05) is 92.7 Å². The lowest BCUT2D eigenvalue weighted by atomic mass is 9.90. The van der Waals surface area contributed by atoms with E-state index in [9.17, 15) is 67.7 Å². The predicted octanol–water partition coefficient (Wildman–Crippen LogP) is 2.84. The van der Waals surface area contributed by atoms with Crippen LogP contribution in [0.5, 0.6) is 11.5 Å². The summed E-state index contributed by atoms with van der Waals surface area (Å²) in [5, 5.41) is 74.2. The van der Waals surface area contributed by atoms with Gasteiger partial charge < -0.3 is 90.8 Å². The number of ketones is 1. The molecule has 31 heteroatoms. The second-order valence-corrected chi connectivity index (χ2v) is 27.4. The Hall–Kier alpha value is -12.2.